The van der Waals surface area contributed by atoms with Gasteiger partial charge in [-0.1, -0.05) is 15.9 Å². The van der Waals surface area contributed by atoms with Crippen molar-refractivity contribution in [1.29, 1.82) is 0 Å². The summed E-state index contributed by atoms with van der Waals surface area (Å²) in [5.74, 6) is 0.328. The van der Waals surface area contributed by atoms with E-state index in [4.69, 9.17) is 4.74 Å². The molecule has 108 valence electrons. The molecule has 1 aromatic carbocycles. The molecular weight excluding hydrogens is 402 g/mol. The fourth-order valence-corrected chi connectivity index (χ4v) is 2.31. The standard InChI is InChI=1S/C14H11Br2N3O2/c1-21-13-3-2-11(15)4-9(13)7-18-19-14(20)10-5-12(16)8-17-6-10/h2-8H,1H3,(H,19,20)/b18-7-. The van der Waals surface area contributed by atoms with Crippen LogP contribution in [-0.2, 0) is 0 Å². The van der Waals surface area contributed by atoms with Gasteiger partial charge in [-0.15, -0.1) is 0 Å². The molecule has 0 spiro atoms. The van der Waals surface area contributed by atoms with Crippen LogP contribution in [0.1, 0.15) is 15.9 Å². The average Bonchev–Trinajstić information content (AvgIpc) is 2.47. The summed E-state index contributed by atoms with van der Waals surface area (Å²) in [6, 6.07) is 7.18. The summed E-state index contributed by atoms with van der Waals surface area (Å²) >= 11 is 6.63. The third-order valence-corrected chi connectivity index (χ3v) is 3.46. The first-order chi connectivity index (χ1) is 10.1. The Morgan fingerprint density at radius 2 is 2.10 bits per heavy atom. The van der Waals surface area contributed by atoms with E-state index in [1.54, 1.807) is 19.4 Å². The lowest BCUT2D eigenvalue weighted by Crippen LogP contribution is -2.17. The van der Waals surface area contributed by atoms with Crippen molar-refractivity contribution in [2.75, 3.05) is 7.11 Å². The maximum Gasteiger partial charge on any atom is 0.272 e. The normalized spacial score (nSPS) is 10.6. The van der Waals surface area contributed by atoms with Crippen molar-refractivity contribution in [3.8, 4) is 5.75 Å². The molecule has 1 heterocycles. The van der Waals surface area contributed by atoms with Gasteiger partial charge >= 0.3 is 0 Å². The predicted molar refractivity (Wildman–Crippen MR) is 87.7 cm³/mol. The number of pyridine rings is 1. The van der Waals surface area contributed by atoms with Crippen LogP contribution >= 0.6 is 31.9 Å². The van der Waals surface area contributed by atoms with Crippen molar-refractivity contribution in [3.05, 3.63) is 56.7 Å². The lowest BCUT2D eigenvalue weighted by molar-refractivity contribution is 0.0954. The van der Waals surface area contributed by atoms with Crippen LogP contribution in [0.3, 0.4) is 0 Å². The Hall–Kier alpha value is -1.73. The Bertz CT molecular complexity index is 690. The molecule has 1 aromatic heterocycles. The second-order valence-corrected chi connectivity index (χ2v) is 5.81. The van der Waals surface area contributed by atoms with Crippen LogP contribution in [0.4, 0.5) is 0 Å². The quantitative estimate of drug-likeness (QED) is 0.618. The summed E-state index contributed by atoms with van der Waals surface area (Å²) in [6.07, 6.45) is 4.59. The topological polar surface area (TPSA) is 63.6 Å². The molecule has 1 amide bonds. The van der Waals surface area contributed by atoms with Gasteiger partial charge < -0.3 is 4.74 Å². The van der Waals surface area contributed by atoms with Gasteiger partial charge in [0.2, 0.25) is 0 Å². The van der Waals surface area contributed by atoms with Crippen LogP contribution in [0, 0.1) is 0 Å². The van der Waals surface area contributed by atoms with Crippen molar-refractivity contribution in [1.82, 2.24) is 10.4 Å². The Balaban J connectivity index is 2.09. The molecule has 5 nitrogen and oxygen atoms in total. The Kier molecular flexibility index (Phi) is 5.46. The molecule has 0 aliphatic carbocycles. The van der Waals surface area contributed by atoms with Gasteiger partial charge in [0.1, 0.15) is 5.75 Å². The SMILES string of the molecule is COc1ccc(Br)cc1/C=N\NC(=O)c1cncc(Br)c1. The molecule has 0 radical (unpaired) electrons. The minimum atomic E-state index is -0.339. The molecular formula is C14H11Br2N3O2. The number of aromatic nitrogens is 1. The molecule has 7 heteroatoms. The first kappa shape index (κ1) is 15.7. The van der Waals surface area contributed by atoms with Crippen LogP contribution in [0.2, 0.25) is 0 Å². The van der Waals surface area contributed by atoms with Crippen LogP contribution in [-0.4, -0.2) is 24.2 Å². The number of hydrazone groups is 1. The molecule has 0 atom stereocenters. The third kappa shape index (κ3) is 4.37. The summed E-state index contributed by atoms with van der Waals surface area (Å²) in [7, 11) is 1.58. The first-order valence-corrected chi connectivity index (χ1v) is 7.46. The maximum atomic E-state index is 11.9. The first-order valence-electron chi connectivity index (χ1n) is 5.87. The van der Waals surface area contributed by atoms with E-state index in [9.17, 15) is 4.79 Å². The second-order valence-electron chi connectivity index (χ2n) is 3.98. The minimum Gasteiger partial charge on any atom is -0.496 e. The van der Waals surface area contributed by atoms with Crippen molar-refractivity contribution in [2.24, 2.45) is 5.10 Å². The zero-order chi connectivity index (χ0) is 15.2. The van der Waals surface area contributed by atoms with E-state index in [0.29, 0.717) is 11.3 Å². The summed E-state index contributed by atoms with van der Waals surface area (Å²) in [4.78, 5) is 15.8. The van der Waals surface area contributed by atoms with Crippen LogP contribution < -0.4 is 10.2 Å². The highest BCUT2D eigenvalue weighted by Crippen LogP contribution is 2.21. The molecule has 0 bridgehead atoms. The average molecular weight is 413 g/mol. The Morgan fingerprint density at radius 1 is 1.29 bits per heavy atom. The maximum absolute atomic E-state index is 11.9. The number of hydrogen-bond donors (Lipinski definition) is 1. The molecule has 1 N–H and O–H groups in total. The van der Waals surface area contributed by atoms with Crippen molar-refractivity contribution in [3.63, 3.8) is 0 Å². The third-order valence-electron chi connectivity index (χ3n) is 2.53. The summed E-state index contributed by atoms with van der Waals surface area (Å²) in [5, 5.41) is 3.93. The van der Waals surface area contributed by atoms with Gasteiger partial charge in [-0.05, 0) is 40.2 Å². The van der Waals surface area contributed by atoms with Crippen molar-refractivity contribution >= 4 is 44.0 Å². The predicted octanol–water partition coefficient (Wildman–Crippen LogP) is 3.38. The van der Waals surface area contributed by atoms with E-state index in [2.05, 4.69) is 47.4 Å². The van der Waals surface area contributed by atoms with E-state index in [1.807, 2.05) is 18.2 Å². The molecule has 0 fully saturated rings. The summed E-state index contributed by atoms with van der Waals surface area (Å²) < 4.78 is 6.84. The highest BCUT2D eigenvalue weighted by atomic mass is 79.9. The number of carbonyl (C=O) groups is 1. The van der Waals surface area contributed by atoms with E-state index in [1.165, 1.54) is 12.4 Å². The highest BCUT2D eigenvalue weighted by Gasteiger charge is 2.05. The fourth-order valence-electron chi connectivity index (χ4n) is 1.57. The number of amides is 1. The van der Waals surface area contributed by atoms with Gasteiger partial charge in [0.25, 0.3) is 5.91 Å². The highest BCUT2D eigenvalue weighted by molar-refractivity contribution is 9.10. The zero-order valence-corrected chi connectivity index (χ0v) is 14.2. The number of methoxy groups -OCH3 is 1. The van der Waals surface area contributed by atoms with Gasteiger partial charge in [0.15, 0.2) is 0 Å². The minimum absolute atomic E-state index is 0.339. The monoisotopic (exact) mass is 411 g/mol. The fraction of sp³-hybridized carbons (Fsp3) is 0.0714. The van der Waals surface area contributed by atoms with Gasteiger partial charge in [-0.3, -0.25) is 9.78 Å². The van der Waals surface area contributed by atoms with Gasteiger partial charge in [0, 0.05) is 26.9 Å². The second kappa shape index (κ2) is 7.33. The number of halogens is 2. The van der Waals surface area contributed by atoms with E-state index < -0.39 is 0 Å². The van der Waals surface area contributed by atoms with E-state index in [-0.39, 0.29) is 5.91 Å². The lowest BCUT2D eigenvalue weighted by Gasteiger charge is -2.04. The largest absolute Gasteiger partial charge is 0.496 e. The van der Waals surface area contributed by atoms with Gasteiger partial charge in [-0.2, -0.15) is 5.10 Å². The van der Waals surface area contributed by atoms with Crippen molar-refractivity contribution in [2.45, 2.75) is 0 Å². The van der Waals surface area contributed by atoms with Crippen LogP contribution in [0.25, 0.3) is 0 Å². The molecule has 2 aromatic rings. The van der Waals surface area contributed by atoms with Crippen LogP contribution in [0.5, 0.6) is 5.75 Å². The van der Waals surface area contributed by atoms with Gasteiger partial charge in [-0.25, -0.2) is 5.43 Å². The van der Waals surface area contributed by atoms with Gasteiger partial charge in [0.05, 0.1) is 18.9 Å². The molecule has 0 saturated carbocycles. The van der Waals surface area contributed by atoms with Crippen LogP contribution in [0.15, 0.2) is 50.7 Å². The van der Waals surface area contributed by atoms with Crippen molar-refractivity contribution < 1.29 is 9.53 Å². The number of carbonyl (C=O) groups excluding carboxylic acids is 1. The number of hydrogen-bond acceptors (Lipinski definition) is 4. The molecule has 0 saturated heterocycles. The molecule has 0 unspecified atom stereocenters. The summed E-state index contributed by atoms with van der Waals surface area (Å²) in [6.45, 7) is 0. The number of benzene rings is 1. The smallest absolute Gasteiger partial charge is 0.272 e. The lowest BCUT2D eigenvalue weighted by atomic mass is 10.2. The molecule has 0 aliphatic heterocycles. The molecule has 21 heavy (non-hydrogen) atoms. The number of ether oxygens (including phenoxy) is 1. The number of nitrogens with zero attached hydrogens (tertiary/aromatic N) is 2. The number of rotatable bonds is 4. The van der Waals surface area contributed by atoms with E-state index in [0.717, 1.165) is 14.5 Å². The number of nitrogens with one attached hydrogen (secondary N) is 1. The Labute approximate surface area is 138 Å². The Morgan fingerprint density at radius 3 is 2.81 bits per heavy atom. The summed E-state index contributed by atoms with van der Waals surface area (Å²) in [5.41, 5.74) is 3.61. The molecule has 0 aliphatic rings. The van der Waals surface area contributed by atoms with E-state index >= 15 is 0 Å². The zero-order valence-electron chi connectivity index (χ0n) is 11.0. The molecule has 2 rings (SSSR count).